The van der Waals surface area contributed by atoms with Crippen molar-refractivity contribution in [3.8, 4) is 0 Å². The standard InChI is InChI=1S/C30H35N2O9Si/c1-29(2,3)40-16-21-22(33)23(34)24(32-27(37)19-12-8-9-13-20(19)28(32)38)30(41-21,42(4)5)39-15-14-31-25(35)17-10-6-7-11-18(17)26(31)36/h6-13,21-24,33-34H,14-16H2,1-5H3/t21-,22-,23+,24-,30+/m1/s1. The third kappa shape index (κ3) is 5.01. The van der Waals surface area contributed by atoms with Gasteiger partial charge in [0.1, 0.15) is 33.2 Å². The summed E-state index contributed by atoms with van der Waals surface area (Å²) >= 11 is 0. The van der Waals surface area contributed by atoms with Crippen molar-refractivity contribution in [1.29, 1.82) is 0 Å². The summed E-state index contributed by atoms with van der Waals surface area (Å²) in [6, 6.07) is 11.4. The molecule has 0 spiro atoms. The van der Waals surface area contributed by atoms with Gasteiger partial charge in [0.2, 0.25) is 0 Å². The van der Waals surface area contributed by atoms with Crippen molar-refractivity contribution in [2.24, 2.45) is 0 Å². The highest BCUT2D eigenvalue weighted by Gasteiger charge is 2.62. The molecule has 42 heavy (non-hydrogen) atoms. The Bertz CT molecular complexity index is 1350. The summed E-state index contributed by atoms with van der Waals surface area (Å²) in [5.41, 5.74) is -1.39. The largest absolute Gasteiger partial charge is 0.388 e. The van der Waals surface area contributed by atoms with Gasteiger partial charge in [0, 0.05) is 0 Å². The molecule has 0 unspecified atom stereocenters. The number of hydrogen-bond donors (Lipinski definition) is 2. The predicted molar refractivity (Wildman–Crippen MR) is 151 cm³/mol. The van der Waals surface area contributed by atoms with E-state index in [1.54, 1.807) is 36.4 Å². The summed E-state index contributed by atoms with van der Waals surface area (Å²) in [4.78, 5) is 55.1. The first kappa shape index (κ1) is 30.2. The van der Waals surface area contributed by atoms with Gasteiger partial charge in [-0.15, -0.1) is 0 Å². The Morgan fingerprint density at radius 2 is 1.31 bits per heavy atom. The second-order valence-corrected chi connectivity index (χ2v) is 14.6. The lowest BCUT2D eigenvalue weighted by atomic mass is 9.95. The van der Waals surface area contributed by atoms with Crippen molar-refractivity contribution in [2.45, 2.75) is 69.2 Å². The Labute approximate surface area is 245 Å². The first-order chi connectivity index (χ1) is 19.8. The number of benzene rings is 2. The maximum Gasteiger partial charge on any atom is 0.262 e. The normalized spacial score (nSPS) is 27.7. The molecule has 3 aliphatic heterocycles. The summed E-state index contributed by atoms with van der Waals surface area (Å²) in [7, 11) is -1.83. The smallest absolute Gasteiger partial charge is 0.262 e. The molecule has 2 aromatic carbocycles. The SMILES string of the molecule is C[Si](C)[C@@]1(OCCN2C(=O)c3ccccc3C2=O)O[C@H](COC(C)(C)C)[C@@H](O)[C@H](O)[C@H]1N1C(=O)c2ccccc2C1=O. The van der Waals surface area contributed by atoms with Crippen LogP contribution in [-0.4, -0.2) is 108 Å². The Kier molecular flexibility index (Phi) is 7.98. The van der Waals surface area contributed by atoms with Crippen LogP contribution in [0.25, 0.3) is 0 Å². The van der Waals surface area contributed by atoms with E-state index in [9.17, 15) is 29.4 Å². The van der Waals surface area contributed by atoms with Gasteiger partial charge in [0.25, 0.3) is 23.6 Å². The highest BCUT2D eigenvalue weighted by Crippen LogP contribution is 2.40. The number of carbonyl (C=O) groups is 4. The fraction of sp³-hybridized carbons (Fsp3) is 0.467. The fourth-order valence-corrected chi connectivity index (χ4v) is 7.32. The highest BCUT2D eigenvalue weighted by molar-refractivity contribution is 6.59. The quantitative estimate of drug-likeness (QED) is 0.346. The molecule has 0 saturated carbocycles. The summed E-state index contributed by atoms with van der Waals surface area (Å²) in [5, 5.41) is 22.8. The van der Waals surface area contributed by atoms with Crippen LogP contribution in [0, 0.1) is 0 Å². The van der Waals surface area contributed by atoms with E-state index in [1.165, 1.54) is 12.1 Å². The molecule has 2 N–H and O–H groups in total. The van der Waals surface area contributed by atoms with Crippen LogP contribution in [0.3, 0.4) is 0 Å². The van der Waals surface area contributed by atoms with Crippen LogP contribution >= 0.6 is 0 Å². The topological polar surface area (TPSA) is 143 Å². The number of hydrogen-bond acceptors (Lipinski definition) is 9. The average molecular weight is 596 g/mol. The minimum Gasteiger partial charge on any atom is -0.388 e. The molecule has 4 amide bonds. The second kappa shape index (κ2) is 11.1. The summed E-state index contributed by atoms with van der Waals surface area (Å²) in [5.74, 6) is -2.20. The minimum atomic E-state index is -1.83. The van der Waals surface area contributed by atoms with Gasteiger partial charge in [-0.25, -0.2) is 0 Å². The molecule has 5 atom stereocenters. The van der Waals surface area contributed by atoms with E-state index in [1.807, 2.05) is 33.9 Å². The van der Waals surface area contributed by atoms with Crippen LogP contribution in [0.15, 0.2) is 48.5 Å². The Balaban J connectivity index is 1.48. The molecule has 1 saturated heterocycles. The second-order valence-electron chi connectivity index (χ2n) is 11.9. The summed E-state index contributed by atoms with van der Waals surface area (Å²) in [6.45, 7) is 8.73. The highest BCUT2D eigenvalue weighted by atomic mass is 28.3. The van der Waals surface area contributed by atoms with Crippen molar-refractivity contribution in [3.63, 3.8) is 0 Å². The van der Waals surface area contributed by atoms with Gasteiger partial charge in [-0.05, 0) is 45.0 Å². The maximum absolute atomic E-state index is 13.6. The first-order valence-electron chi connectivity index (χ1n) is 13.8. The molecule has 11 nitrogen and oxygen atoms in total. The number of ether oxygens (including phenoxy) is 3. The molecule has 3 heterocycles. The van der Waals surface area contributed by atoms with Gasteiger partial charge in [0.05, 0.1) is 47.6 Å². The molecule has 2 aromatic rings. The lowest BCUT2D eigenvalue weighted by Crippen LogP contribution is -2.75. The molecular weight excluding hydrogens is 560 g/mol. The van der Waals surface area contributed by atoms with Gasteiger partial charge >= 0.3 is 0 Å². The van der Waals surface area contributed by atoms with Crippen molar-refractivity contribution in [2.75, 3.05) is 19.8 Å². The van der Waals surface area contributed by atoms with Crippen molar-refractivity contribution in [3.05, 3.63) is 70.8 Å². The van der Waals surface area contributed by atoms with E-state index in [-0.39, 0.29) is 30.9 Å². The van der Waals surface area contributed by atoms with E-state index in [0.29, 0.717) is 11.1 Å². The zero-order valence-corrected chi connectivity index (χ0v) is 25.2. The molecule has 223 valence electrons. The van der Waals surface area contributed by atoms with Crippen LogP contribution in [0.4, 0.5) is 0 Å². The number of rotatable bonds is 8. The van der Waals surface area contributed by atoms with Gasteiger partial charge < -0.3 is 24.4 Å². The summed E-state index contributed by atoms with van der Waals surface area (Å²) in [6.07, 6.45) is -4.23. The Morgan fingerprint density at radius 1 is 0.833 bits per heavy atom. The fourth-order valence-electron chi connectivity index (χ4n) is 5.65. The van der Waals surface area contributed by atoms with Crippen LogP contribution < -0.4 is 0 Å². The Hall–Kier alpha value is -3.26. The number of imide groups is 2. The molecule has 1 radical (unpaired) electrons. The molecule has 0 aliphatic carbocycles. The van der Waals surface area contributed by atoms with Crippen LogP contribution in [0.1, 0.15) is 62.2 Å². The number of aliphatic hydroxyl groups is 2. The van der Waals surface area contributed by atoms with E-state index < -0.39 is 67.8 Å². The molecule has 5 rings (SSSR count). The summed E-state index contributed by atoms with van der Waals surface area (Å²) < 4.78 is 18.7. The van der Waals surface area contributed by atoms with E-state index in [2.05, 4.69) is 0 Å². The first-order valence-corrected chi connectivity index (χ1v) is 16.3. The van der Waals surface area contributed by atoms with Crippen molar-refractivity contribution in [1.82, 2.24) is 9.80 Å². The number of carbonyl (C=O) groups excluding carboxylic acids is 4. The Morgan fingerprint density at radius 3 is 1.76 bits per heavy atom. The molecule has 0 bridgehead atoms. The molecule has 0 aromatic heterocycles. The average Bonchev–Trinajstić information content (AvgIpc) is 3.34. The zero-order chi connectivity index (χ0) is 30.6. The van der Waals surface area contributed by atoms with E-state index >= 15 is 0 Å². The third-order valence-electron chi connectivity index (χ3n) is 7.76. The van der Waals surface area contributed by atoms with Gasteiger partial charge in [-0.1, -0.05) is 37.4 Å². The molecule has 12 heteroatoms. The zero-order valence-electron chi connectivity index (χ0n) is 24.2. The third-order valence-corrected chi connectivity index (χ3v) is 9.71. The van der Waals surface area contributed by atoms with Crippen molar-refractivity contribution >= 4 is 32.4 Å². The van der Waals surface area contributed by atoms with Gasteiger partial charge in [-0.2, -0.15) is 0 Å². The lowest BCUT2D eigenvalue weighted by molar-refractivity contribution is -0.311. The van der Waals surface area contributed by atoms with Crippen LogP contribution in [0.5, 0.6) is 0 Å². The number of aliphatic hydroxyl groups excluding tert-OH is 2. The molecule has 3 aliphatic rings. The number of amides is 4. The molecular formula is C30H35N2O9Si. The molecule has 1 fully saturated rings. The van der Waals surface area contributed by atoms with Crippen LogP contribution in [-0.2, 0) is 14.2 Å². The van der Waals surface area contributed by atoms with E-state index in [0.717, 1.165) is 9.80 Å². The van der Waals surface area contributed by atoms with Crippen LogP contribution in [0.2, 0.25) is 13.1 Å². The number of fused-ring (bicyclic) bond motifs is 2. The predicted octanol–water partition coefficient (Wildman–Crippen LogP) is 1.89. The lowest BCUT2D eigenvalue weighted by Gasteiger charge is -2.54. The minimum absolute atomic E-state index is 0.102. The monoisotopic (exact) mass is 595 g/mol. The van der Waals surface area contributed by atoms with Gasteiger partial charge in [-0.3, -0.25) is 29.0 Å². The van der Waals surface area contributed by atoms with E-state index in [4.69, 9.17) is 14.2 Å². The number of nitrogens with zero attached hydrogens (tertiary/aromatic N) is 2. The maximum atomic E-state index is 13.6. The van der Waals surface area contributed by atoms with Crippen molar-refractivity contribution < 1.29 is 43.6 Å². The van der Waals surface area contributed by atoms with Gasteiger partial charge in [0.15, 0.2) is 5.41 Å².